The van der Waals surface area contributed by atoms with E-state index in [4.69, 9.17) is 4.74 Å². The second-order valence-electron chi connectivity index (χ2n) is 7.39. The van der Waals surface area contributed by atoms with Crippen molar-refractivity contribution in [2.45, 2.75) is 57.2 Å². The minimum Gasteiger partial charge on any atom is -0.392 e. The predicted molar refractivity (Wildman–Crippen MR) is 97.0 cm³/mol. The molecular formula is C20H32N2O2. The lowest BCUT2D eigenvalue weighted by molar-refractivity contribution is -0.0375. The van der Waals surface area contributed by atoms with Gasteiger partial charge in [0.05, 0.1) is 19.8 Å². The number of morpholine rings is 1. The molecule has 1 aromatic carbocycles. The minimum absolute atomic E-state index is 0.109. The van der Waals surface area contributed by atoms with Crippen LogP contribution in [0.15, 0.2) is 24.3 Å². The molecule has 2 fully saturated rings. The van der Waals surface area contributed by atoms with E-state index in [2.05, 4.69) is 29.3 Å². The molecular weight excluding hydrogens is 300 g/mol. The van der Waals surface area contributed by atoms with Crippen LogP contribution in [-0.2, 0) is 11.3 Å². The van der Waals surface area contributed by atoms with Gasteiger partial charge in [-0.15, -0.1) is 0 Å². The minimum atomic E-state index is 0.109. The third-order valence-corrected chi connectivity index (χ3v) is 5.84. The van der Waals surface area contributed by atoms with E-state index in [0.717, 1.165) is 38.4 Å². The van der Waals surface area contributed by atoms with Gasteiger partial charge < -0.3 is 15.2 Å². The number of nitrogens with zero attached hydrogens (tertiary/aromatic N) is 1. The van der Waals surface area contributed by atoms with Gasteiger partial charge in [-0.2, -0.15) is 0 Å². The average molecular weight is 332 g/mol. The Morgan fingerprint density at radius 2 is 1.96 bits per heavy atom. The molecule has 0 bridgehead atoms. The van der Waals surface area contributed by atoms with Gasteiger partial charge in [-0.1, -0.05) is 43.5 Å². The number of aliphatic hydroxyl groups is 1. The molecule has 4 nitrogen and oxygen atoms in total. The van der Waals surface area contributed by atoms with Crippen molar-refractivity contribution >= 4 is 0 Å². The van der Waals surface area contributed by atoms with Crippen molar-refractivity contribution in [2.24, 2.45) is 0 Å². The Bertz CT molecular complexity index is 508. The van der Waals surface area contributed by atoms with Gasteiger partial charge in [0.2, 0.25) is 0 Å². The fourth-order valence-electron chi connectivity index (χ4n) is 4.27. The van der Waals surface area contributed by atoms with Gasteiger partial charge in [-0.3, -0.25) is 4.90 Å². The largest absolute Gasteiger partial charge is 0.392 e. The van der Waals surface area contributed by atoms with Crippen LogP contribution >= 0.6 is 0 Å². The SMILES string of the molecule is CC(NCC1(N2CCOCC2)CCCCC1)c1cccc(CO)c1. The van der Waals surface area contributed by atoms with Crippen molar-refractivity contribution in [1.29, 1.82) is 0 Å². The molecule has 0 spiro atoms. The highest BCUT2D eigenvalue weighted by Crippen LogP contribution is 2.34. The van der Waals surface area contributed by atoms with Crippen molar-refractivity contribution in [3.8, 4) is 0 Å². The Balaban J connectivity index is 1.66. The zero-order chi connectivity index (χ0) is 16.8. The van der Waals surface area contributed by atoms with Gasteiger partial charge in [0.15, 0.2) is 0 Å². The topological polar surface area (TPSA) is 44.7 Å². The number of benzene rings is 1. The number of hydrogen-bond donors (Lipinski definition) is 2. The Kier molecular flexibility index (Phi) is 6.28. The molecule has 1 saturated heterocycles. The maximum atomic E-state index is 9.35. The summed E-state index contributed by atoms with van der Waals surface area (Å²) in [5.41, 5.74) is 2.54. The van der Waals surface area contributed by atoms with Gasteiger partial charge in [-0.25, -0.2) is 0 Å². The maximum absolute atomic E-state index is 9.35. The van der Waals surface area contributed by atoms with Crippen LogP contribution in [0.25, 0.3) is 0 Å². The first kappa shape index (κ1) is 17.9. The van der Waals surface area contributed by atoms with E-state index in [1.807, 2.05) is 12.1 Å². The van der Waals surface area contributed by atoms with Gasteiger partial charge in [0, 0.05) is 31.2 Å². The third kappa shape index (κ3) is 4.17. The molecule has 2 N–H and O–H groups in total. The average Bonchev–Trinajstić information content (AvgIpc) is 2.67. The lowest BCUT2D eigenvalue weighted by Crippen LogP contribution is -2.59. The monoisotopic (exact) mass is 332 g/mol. The quantitative estimate of drug-likeness (QED) is 0.841. The summed E-state index contributed by atoms with van der Waals surface area (Å²) in [4.78, 5) is 2.68. The summed E-state index contributed by atoms with van der Waals surface area (Å²) < 4.78 is 5.57. The van der Waals surface area contributed by atoms with E-state index in [0.29, 0.717) is 11.6 Å². The van der Waals surface area contributed by atoms with E-state index < -0.39 is 0 Å². The number of aliphatic hydroxyl groups excluding tert-OH is 1. The second kappa shape index (κ2) is 8.43. The van der Waals surface area contributed by atoms with Gasteiger partial charge in [0.1, 0.15) is 0 Å². The van der Waals surface area contributed by atoms with Crippen LogP contribution in [0.3, 0.4) is 0 Å². The molecule has 0 amide bonds. The molecule has 2 aliphatic rings. The molecule has 0 radical (unpaired) electrons. The summed E-state index contributed by atoms with van der Waals surface area (Å²) >= 11 is 0. The molecule has 1 atom stereocenters. The van der Waals surface area contributed by atoms with Crippen molar-refractivity contribution in [3.05, 3.63) is 35.4 Å². The number of rotatable bonds is 6. The highest BCUT2D eigenvalue weighted by molar-refractivity contribution is 5.25. The van der Waals surface area contributed by atoms with Crippen LogP contribution in [0.5, 0.6) is 0 Å². The first-order valence-corrected chi connectivity index (χ1v) is 9.49. The van der Waals surface area contributed by atoms with Crippen molar-refractivity contribution in [3.63, 3.8) is 0 Å². The van der Waals surface area contributed by atoms with Gasteiger partial charge in [-0.05, 0) is 30.9 Å². The summed E-state index contributed by atoms with van der Waals surface area (Å²) in [7, 11) is 0. The Morgan fingerprint density at radius 1 is 1.21 bits per heavy atom. The number of ether oxygens (including phenoxy) is 1. The fourth-order valence-corrected chi connectivity index (χ4v) is 4.27. The fraction of sp³-hybridized carbons (Fsp3) is 0.700. The zero-order valence-electron chi connectivity index (χ0n) is 15.0. The lowest BCUT2D eigenvalue weighted by Gasteiger charge is -2.48. The van der Waals surface area contributed by atoms with Crippen LogP contribution in [0.2, 0.25) is 0 Å². The van der Waals surface area contributed by atoms with Crippen LogP contribution < -0.4 is 5.32 Å². The van der Waals surface area contributed by atoms with Crippen molar-refractivity contribution in [1.82, 2.24) is 10.2 Å². The highest BCUT2D eigenvalue weighted by Gasteiger charge is 2.38. The molecule has 3 rings (SSSR count). The molecule has 0 aromatic heterocycles. The molecule has 1 saturated carbocycles. The molecule has 134 valence electrons. The first-order valence-electron chi connectivity index (χ1n) is 9.49. The Labute approximate surface area is 146 Å². The summed E-state index contributed by atoms with van der Waals surface area (Å²) in [6.45, 7) is 7.25. The molecule has 4 heteroatoms. The summed E-state index contributed by atoms with van der Waals surface area (Å²) in [5, 5.41) is 13.1. The molecule has 24 heavy (non-hydrogen) atoms. The highest BCUT2D eigenvalue weighted by atomic mass is 16.5. The first-order chi connectivity index (χ1) is 11.7. The lowest BCUT2D eigenvalue weighted by atomic mass is 9.79. The second-order valence-corrected chi connectivity index (χ2v) is 7.39. The van der Waals surface area contributed by atoms with Crippen molar-refractivity contribution < 1.29 is 9.84 Å². The van der Waals surface area contributed by atoms with Gasteiger partial charge >= 0.3 is 0 Å². The summed E-state index contributed by atoms with van der Waals surface area (Å²) in [6, 6.07) is 8.58. The number of nitrogens with one attached hydrogen (secondary N) is 1. The zero-order valence-corrected chi connectivity index (χ0v) is 15.0. The Morgan fingerprint density at radius 3 is 2.67 bits per heavy atom. The van der Waals surface area contributed by atoms with Crippen LogP contribution in [-0.4, -0.2) is 48.4 Å². The van der Waals surface area contributed by atoms with E-state index >= 15 is 0 Å². The third-order valence-electron chi connectivity index (χ3n) is 5.84. The molecule has 1 heterocycles. The van der Waals surface area contributed by atoms with Gasteiger partial charge in [0.25, 0.3) is 0 Å². The standard InChI is InChI=1S/C20H32N2O2/c1-17(19-7-5-6-18(14-19)15-23)21-16-20(8-3-2-4-9-20)22-10-12-24-13-11-22/h5-7,14,17,21,23H,2-4,8-13,15-16H2,1H3. The molecule has 1 aliphatic heterocycles. The summed E-state index contributed by atoms with van der Waals surface area (Å²) in [5.74, 6) is 0. The maximum Gasteiger partial charge on any atom is 0.0681 e. The predicted octanol–water partition coefficient (Wildman–Crippen LogP) is 2.86. The van der Waals surface area contributed by atoms with E-state index in [1.54, 1.807) is 0 Å². The molecule has 1 aliphatic carbocycles. The van der Waals surface area contributed by atoms with Crippen LogP contribution in [0.1, 0.15) is 56.2 Å². The summed E-state index contributed by atoms with van der Waals surface area (Å²) in [6.07, 6.45) is 6.65. The number of hydrogen-bond acceptors (Lipinski definition) is 4. The Hall–Kier alpha value is -0.940. The van der Waals surface area contributed by atoms with E-state index in [-0.39, 0.29) is 6.61 Å². The molecule has 1 aromatic rings. The van der Waals surface area contributed by atoms with Crippen LogP contribution in [0, 0.1) is 0 Å². The van der Waals surface area contributed by atoms with E-state index in [1.165, 1.54) is 37.7 Å². The van der Waals surface area contributed by atoms with E-state index in [9.17, 15) is 5.11 Å². The normalized spacial score (nSPS) is 23.1. The molecule has 1 unspecified atom stereocenters. The smallest absolute Gasteiger partial charge is 0.0681 e. The van der Waals surface area contributed by atoms with Crippen LogP contribution in [0.4, 0.5) is 0 Å². The van der Waals surface area contributed by atoms with Crippen molar-refractivity contribution in [2.75, 3.05) is 32.8 Å².